The Balaban J connectivity index is 2.62. The number of nitrogen functional groups attached to an aromatic ring is 1. The Kier molecular flexibility index (Phi) is 5.06. The molecule has 0 aromatic heterocycles. The lowest BCUT2D eigenvalue weighted by Gasteiger charge is -2.13. The first-order valence-corrected chi connectivity index (χ1v) is 7.28. The monoisotopic (exact) mass is 335 g/mol. The fraction of sp³-hybridized carbons (Fsp3) is 0.125. The van der Waals surface area contributed by atoms with Gasteiger partial charge in [-0.2, -0.15) is 0 Å². The lowest BCUT2D eigenvalue weighted by Crippen LogP contribution is -2.29. The standard InChI is InChI=1S/C16H15Cl2N3O/c1-20-15(16(22)21-2)12-5-3-4-11(14(12)19)10-7-6-9(17)8-13(10)18/h3-8H,19H2,1-2H3,(H,21,22). The van der Waals surface area contributed by atoms with Crippen molar-refractivity contribution in [2.24, 2.45) is 4.99 Å². The van der Waals surface area contributed by atoms with E-state index < -0.39 is 0 Å². The number of aliphatic imine (C=N–C) groups is 1. The Morgan fingerprint density at radius 2 is 1.91 bits per heavy atom. The molecule has 4 nitrogen and oxygen atoms in total. The van der Waals surface area contributed by atoms with Gasteiger partial charge in [0.25, 0.3) is 5.91 Å². The van der Waals surface area contributed by atoms with Gasteiger partial charge in [0.1, 0.15) is 5.71 Å². The molecule has 0 saturated heterocycles. The number of amides is 1. The third-order valence-electron chi connectivity index (χ3n) is 3.25. The number of hydrogen-bond donors (Lipinski definition) is 2. The molecule has 0 bridgehead atoms. The molecule has 6 heteroatoms. The van der Waals surface area contributed by atoms with Crippen LogP contribution in [-0.2, 0) is 4.79 Å². The lowest BCUT2D eigenvalue weighted by atomic mass is 9.97. The number of nitrogens with two attached hydrogens (primary N) is 1. The van der Waals surface area contributed by atoms with Gasteiger partial charge in [-0.25, -0.2) is 0 Å². The number of para-hydroxylation sites is 1. The first-order valence-electron chi connectivity index (χ1n) is 6.52. The highest BCUT2D eigenvalue weighted by Gasteiger charge is 2.17. The average Bonchev–Trinajstić information content (AvgIpc) is 2.50. The molecular weight excluding hydrogens is 321 g/mol. The molecule has 0 radical (unpaired) electrons. The van der Waals surface area contributed by atoms with Gasteiger partial charge >= 0.3 is 0 Å². The van der Waals surface area contributed by atoms with Crippen LogP contribution in [0, 0.1) is 0 Å². The molecule has 2 aromatic rings. The van der Waals surface area contributed by atoms with Crippen molar-refractivity contribution in [3.63, 3.8) is 0 Å². The van der Waals surface area contributed by atoms with E-state index in [9.17, 15) is 4.79 Å². The zero-order valence-corrected chi connectivity index (χ0v) is 13.7. The largest absolute Gasteiger partial charge is 0.398 e. The van der Waals surface area contributed by atoms with Crippen molar-refractivity contribution in [3.05, 3.63) is 52.0 Å². The molecule has 1 amide bonds. The van der Waals surface area contributed by atoms with Crippen LogP contribution in [0.15, 0.2) is 41.4 Å². The summed E-state index contributed by atoms with van der Waals surface area (Å²) in [5.74, 6) is -0.298. The summed E-state index contributed by atoms with van der Waals surface area (Å²) in [7, 11) is 3.09. The van der Waals surface area contributed by atoms with Crippen molar-refractivity contribution in [1.82, 2.24) is 5.32 Å². The summed E-state index contributed by atoms with van der Waals surface area (Å²) in [5, 5.41) is 3.59. The Hall–Kier alpha value is -2.04. The van der Waals surface area contributed by atoms with Gasteiger partial charge in [-0.15, -0.1) is 0 Å². The van der Waals surface area contributed by atoms with Crippen LogP contribution in [0.25, 0.3) is 11.1 Å². The number of carbonyl (C=O) groups is 1. The summed E-state index contributed by atoms with van der Waals surface area (Å²) in [6.45, 7) is 0. The average molecular weight is 336 g/mol. The molecular formula is C16H15Cl2N3O. The van der Waals surface area contributed by atoms with Gasteiger partial charge in [0.15, 0.2) is 0 Å². The highest BCUT2D eigenvalue weighted by atomic mass is 35.5. The van der Waals surface area contributed by atoms with E-state index in [1.807, 2.05) is 6.07 Å². The van der Waals surface area contributed by atoms with E-state index in [1.54, 1.807) is 44.4 Å². The predicted octanol–water partition coefficient (Wildman–Crippen LogP) is 3.41. The molecule has 0 aliphatic carbocycles. The normalized spacial score (nSPS) is 11.4. The van der Waals surface area contributed by atoms with Crippen LogP contribution in [-0.4, -0.2) is 25.7 Å². The number of carbonyl (C=O) groups excluding carboxylic acids is 1. The molecule has 0 unspecified atom stereocenters. The van der Waals surface area contributed by atoms with Crippen molar-refractivity contribution < 1.29 is 4.79 Å². The van der Waals surface area contributed by atoms with Crippen LogP contribution in [0.5, 0.6) is 0 Å². The smallest absolute Gasteiger partial charge is 0.269 e. The van der Waals surface area contributed by atoms with Crippen molar-refractivity contribution in [2.75, 3.05) is 19.8 Å². The minimum absolute atomic E-state index is 0.270. The second kappa shape index (κ2) is 6.81. The van der Waals surface area contributed by atoms with Crippen LogP contribution in [0.1, 0.15) is 5.56 Å². The number of nitrogens with one attached hydrogen (secondary N) is 1. The fourth-order valence-electron chi connectivity index (χ4n) is 2.18. The van der Waals surface area contributed by atoms with Crippen LogP contribution < -0.4 is 11.1 Å². The maximum absolute atomic E-state index is 11.9. The van der Waals surface area contributed by atoms with Crippen molar-refractivity contribution in [2.45, 2.75) is 0 Å². The van der Waals surface area contributed by atoms with Crippen LogP contribution in [0.3, 0.4) is 0 Å². The van der Waals surface area contributed by atoms with E-state index in [-0.39, 0.29) is 11.6 Å². The molecule has 0 aliphatic heterocycles. The van der Waals surface area contributed by atoms with E-state index in [1.165, 1.54) is 0 Å². The van der Waals surface area contributed by atoms with Crippen LogP contribution in [0.2, 0.25) is 10.0 Å². The Morgan fingerprint density at radius 3 is 2.50 bits per heavy atom. The summed E-state index contributed by atoms with van der Waals surface area (Å²) in [6, 6.07) is 10.6. The van der Waals surface area contributed by atoms with E-state index in [0.717, 1.165) is 11.1 Å². The summed E-state index contributed by atoms with van der Waals surface area (Å²) >= 11 is 12.2. The summed E-state index contributed by atoms with van der Waals surface area (Å²) < 4.78 is 0. The van der Waals surface area contributed by atoms with E-state index in [0.29, 0.717) is 21.3 Å². The fourth-order valence-corrected chi connectivity index (χ4v) is 2.69. The molecule has 22 heavy (non-hydrogen) atoms. The van der Waals surface area contributed by atoms with Gasteiger partial charge in [-0.3, -0.25) is 9.79 Å². The number of benzene rings is 2. The number of halogens is 2. The molecule has 0 heterocycles. The van der Waals surface area contributed by atoms with E-state index in [2.05, 4.69) is 10.3 Å². The van der Waals surface area contributed by atoms with Gasteiger partial charge in [0.2, 0.25) is 0 Å². The summed E-state index contributed by atoms with van der Waals surface area (Å²) in [5.41, 5.74) is 8.98. The predicted molar refractivity (Wildman–Crippen MR) is 92.8 cm³/mol. The molecule has 114 valence electrons. The maximum atomic E-state index is 11.9. The molecule has 0 saturated carbocycles. The first-order chi connectivity index (χ1) is 10.5. The van der Waals surface area contributed by atoms with Crippen LogP contribution >= 0.6 is 23.2 Å². The maximum Gasteiger partial charge on any atom is 0.269 e. The third-order valence-corrected chi connectivity index (χ3v) is 3.80. The SMILES string of the molecule is CN=C(C(=O)NC)c1cccc(-c2ccc(Cl)cc2Cl)c1N. The lowest BCUT2D eigenvalue weighted by molar-refractivity contribution is -0.114. The van der Waals surface area contributed by atoms with Crippen molar-refractivity contribution in [1.29, 1.82) is 0 Å². The molecule has 2 aromatic carbocycles. The summed E-state index contributed by atoms with van der Waals surface area (Å²) in [6.07, 6.45) is 0. The third kappa shape index (κ3) is 3.08. The molecule has 0 atom stereocenters. The van der Waals surface area contributed by atoms with Gasteiger partial charge in [-0.1, -0.05) is 47.5 Å². The molecule has 2 rings (SSSR count). The Labute approximate surface area is 139 Å². The zero-order valence-electron chi connectivity index (χ0n) is 12.2. The number of nitrogens with zero attached hydrogens (tertiary/aromatic N) is 1. The van der Waals surface area contributed by atoms with E-state index in [4.69, 9.17) is 28.9 Å². The van der Waals surface area contributed by atoms with Gasteiger partial charge in [0.05, 0.1) is 0 Å². The zero-order chi connectivity index (χ0) is 16.3. The summed E-state index contributed by atoms with van der Waals surface area (Å²) in [4.78, 5) is 15.9. The van der Waals surface area contributed by atoms with Gasteiger partial charge in [0, 0.05) is 46.5 Å². The number of likely N-dealkylation sites (N-methyl/N-ethyl adjacent to an activating group) is 1. The minimum atomic E-state index is -0.298. The highest BCUT2D eigenvalue weighted by molar-refractivity contribution is 6.46. The second-order valence-electron chi connectivity index (χ2n) is 4.54. The highest BCUT2D eigenvalue weighted by Crippen LogP contribution is 2.35. The number of anilines is 1. The Bertz CT molecular complexity index is 757. The van der Waals surface area contributed by atoms with Crippen molar-refractivity contribution in [3.8, 4) is 11.1 Å². The molecule has 0 fully saturated rings. The number of rotatable bonds is 3. The Morgan fingerprint density at radius 1 is 1.18 bits per heavy atom. The topological polar surface area (TPSA) is 67.5 Å². The molecule has 0 aliphatic rings. The molecule has 3 N–H and O–H groups in total. The quantitative estimate of drug-likeness (QED) is 0.666. The second-order valence-corrected chi connectivity index (χ2v) is 5.39. The molecule has 0 spiro atoms. The van der Waals surface area contributed by atoms with Crippen LogP contribution in [0.4, 0.5) is 5.69 Å². The van der Waals surface area contributed by atoms with Gasteiger partial charge < -0.3 is 11.1 Å². The minimum Gasteiger partial charge on any atom is -0.398 e. The first kappa shape index (κ1) is 16.3. The number of hydrogen-bond acceptors (Lipinski definition) is 3. The van der Waals surface area contributed by atoms with Crippen molar-refractivity contribution >= 4 is 40.5 Å². The van der Waals surface area contributed by atoms with E-state index >= 15 is 0 Å². The van der Waals surface area contributed by atoms with Gasteiger partial charge in [-0.05, 0) is 12.1 Å².